The molecule has 8 heteroatoms. The van der Waals surface area contributed by atoms with Gasteiger partial charge < -0.3 is 4.98 Å². The second kappa shape index (κ2) is 6.57. The van der Waals surface area contributed by atoms with E-state index in [4.69, 9.17) is 0 Å². The van der Waals surface area contributed by atoms with Crippen LogP contribution < -0.4 is 0 Å². The van der Waals surface area contributed by atoms with E-state index in [-0.39, 0.29) is 5.13 Å². The molecular formula is C22H13FN6S. The first-order chi connectivity index (χ1) is 14.8. The number of nitrogens with one attached hydrogen (secondary N) is 2. The topological polar surface area (TPSA) is 83.1 Å². The van der Waals surface area contributed by atoms with E-state index in [1.807, 2.05) is 24.3 Å². The van der Waals surface area contributed by atoms with Gasteiger partial charge in [-0.1, -0.05) is 0 Å². The highest BCUT2D eigenvalue weighted by atomic mass is 32.1. The zero-order valence-electron chi connectivity index (χ0n) is 15.4. The molecule has 6 heterocycles. The van der Waals surface area contributed by atoms with Gasteiger partial charge in [-0.3, -0.25) is 20.1 Å². The van der Waals surface area contributed by atoms with Gasteiger partial charge in [0.05, 0.1) is 34.8 Å². The van der Waals surface area contributed by atoms with Crippen LogP contribution in [0.5, 0.6) is 0 Å². The second-order valence-electron chi connectivity index (χ2n) is 6.86. The van der Waals surface area contributed by atoms with E-state index in [9.17, 15) is 4.39 Å². The molecule has 0 amide bonds. The molecule has 6 aromatic heterocycles. The normalized spacial score (nSPS) is 11.5. The standard InChI is InChI=1S/C22H13FN6S/c23-21-2-1-20(30-21)15-9-25-10-18-13(15)7-17(27-18)22-14-8-16(12-3-5-24-6-4-12)26-11-19(14)28-29-22/h1-11,27H,(H,28,29). The SMILES string of the molecule is Fc1ccc(-c2cncc3[nH]c(-c4n[nH]c5cnc(-c6ccncc6)cc45)cc23)s1. The first-order valence-corrected chi connectivity index (χ1v) is 10.1. The molecule has 6 nitrogen and oxygen atoms in total. The van der Waals surface area contributed by atoms with Gasteiger partial charge in [0.15, 0.2) is 5.13 Å². The summed E-state index contributed by atoms with van der Waals surface area (Å²) in [6.07, 6.45) is 8.81. The molecule has 0 unspecified atom stereocenters. The maximum Gasteiger partial charge on any atom is 0.176 e. The van der Waals surface area contributed by atoms with Crippen molar-refractivity contribution in [1.29, 1.82) is 0 Å². The molecular weight excluding hydrogens is 399 g/mol. The highest BCUT2D eigenvalue weighted by Crippen LogP contribution is 2.36. The number of aromatic amines is 2. The van der Waals surface area contributed by atoms with E-state index in [2.05, 4.69) is 30.1 Å². The smallest absolute Gasteiger partial charge is 0.176 e. The Morgan fingerprint density at radius 1 is 0.867 bits per heavy atom. The summed E-state index contributed by atoms with van der Waals surface area (Å²) < 4.78 is 13.6. The zero-order chi connectivity index (χ0) is 20.1. The maximum absolute atomic E-state index is 13.6. The molecule has 0 spiro atoms. The largest absolute Gasteiger partial charge is 0.352 e. The van der Waals surface area contributed by atoms with Gasteiger partial charge in [-0.05, 0) is 36.4 Å². The molecule has 0 bridgehead atoms. The van der Waals surface area contributed by atoms with Gasteiger partial charge in [-0.25, -0.2) is 0 Å². The lowest BCUT2D eigenvalue weighted by Crippen LogP contribution is -1.84. The Balaban J connectivity index is 1.52. The minimum atomic E-state index is -0.216. The number of H-pyrrole nitrogens is 2. The highest BCUT2D eigenvalue weighted by molar-refractivity contribution is 7.14. The molecule has 0 saturated heterocycles. The van der Waals surface area contributed by atoms with E-state index in [1.165, 1.54) is 6.07 Å². The van der Waals surface area contributed by atoms with E-state index < -0.39 is 0 Å². The van der Waals surface area contributed by atoms with E-state index >= 15 is 0 Å². The van der Waals surface area contributed by atoms with Crippen LogP contribution in [-0.4, -0.2) is 30.1 Å². The van der Waals surface area contributed by atoms with Gasteiger partial charge >= 0.3 is 0 Å². The molecule has 30 heavy (non-hydrogen) atoms. The highest BCUT2D eigenvalue weighted by Gasteiger charge is 2.15. The van der Waals surface area contributed by atoms with Crippen LogP contribution >= 0.6 is 11.3 Å². The molecule has 2 N–H and O–H groups in total. The summed E-state index contributed by atoms with van der Waals surface area (Å²) in [6, 6.07) is 11.2. The molecule has 0 aliphatic heterocycles. The van der Waals surface area contributed by atoms with Crippen molar-refractivity contribution in [3.05, 3.63) is 72.5 Å². The number of fused-ring (bicyclic) bond motifs is 2. The number of pyridine rings is 3. The molecule has 0 saturated carbocycles. The molecule has 0 fully saturated rings. The number of halogens is 1. The Bertz CT molecular complexity index is 1520. The quantitative estimate of drug-likeness (QED) is 0.406. The maximum atomic E-state index is 13.6. The number of hydrogen-bond donors (Lipinski definition) is 2. The summed E-state index contributed by atoms with van der Waals surface area (Å²) in [7, 11) is 0. The van der Waals surface area contributed by atoms with Crippen molar-refractivity contribution >= 4 is 33.1 Å². The Labute approximate surface area is 173 Å². The Kier molecular flexibility index (Phi) is 3.72. The Morgan fingerprint density at radius 2 is 1.77 bits per heavy atom. The summed E-state index contributed by atoms with van der Waals surface area (Å²) in [4.78, 5) is 17.2. The van der Waals surface area contributed by atoms with Gasteiger partial charge in [-0.2, -0.15) is 9.49 Å². The van der Waals surface area contributed by atoms with Crippen LogP contribution in [0.1, 0.15) is 0 Å². The molecule has 0 aromatic carbocycles. The predicted octanol–water partition coefficient (Wildman–Crippen LogP) is 5.43. The van der Waals surface area contributed by atoms with Crippen LogP contribution in [0.4, 0.5) is 4.39 Å². The minimum absolute atomic E-state index is 0.216. The van der Waals surface area contributed by atoms with Gasteiger partial charge in [-0.15, -0.1) is 11.3 Å². The Morgan fingerprint density at radius 3 is 2.60 bits per heavy atom. The van der Waals surface area contributed by atoms with Crippen molar-refractivity contribution in [3.8, 4) is 33.1 Å². The fourth-order valence-electron chi connectivity index (χ4n) is 3.64. The van der Waals surface area contributed by atoms with Gasteiger partial charge in [0.2, 0.25) is 0 Å². The van der Waals surface area contributed by atoms with Crippen LogP contribution in [0.3, 0.4) is 0 Å². The predicted molar refractivity (Wildman–Crippen MR) is 115 cm³/mol. The lowest BCUT2D eigenvalue weighted by Gasteiger charge is -2.00. The van der Waals surface area contributed by atoms with Crippen LogP contribution in [0.25, 0.3) is 54.9 Å². The molecule has 0 aliphatic carbocycles. The fourth-order valence-corrected chi connectivity index (χ4v) is 4.39. The number of hydrogen-bond acceptors (Lipinski definition) is 5. The van der Waals surface area contributed by atoms with Crippen molar-refractivity contribution in [2.75, 3.05) is 0 Å². The second-order valence-corrected chi connectivity index (χ2v) is 7.89. The van der Waals surface area contributed by atoms with Crippen molar-refractivity contribution < 1.29 is 4.39 Å². The minimum Gasteiger partial charge on any atom is -0.352 e. The number of rotatable bonds is 3. The van der Waals surface area contributed by atoms with Crippen LogP contribution in [-0.2, 0) is 0 Å². The van der Waals surface area contributed by atoms with Crippen LogP contribution in [0.15, 0.2) is 67.4 Å². The van der Waals surface area contributed by atoms with Crippen molar-refractivity contribution in [2.24, 2.45) is 0 Å². The third-order valence-corrected chi connectivity index (χ3v) is 5.97. The number of thiophene rings is 1. The number of aromatic nitrogens is 6. The lowest BCUT2D eigenvalue weighted by atomic mass is 10.1. The zero-order valence-corrected chi connectivity index (χ0v) is 16.2. The molecule has 6 rings (SSSR count). The molecule has 6 aromatic rings. The third-order valence-electron chi connectivity index (χ3n) is 5.06. The molecule has 144 valence electrons. The van der Waals surface area contributed by atoms with E-state index in [1.54, 1.807) is 37.1 Å². The van der Waals surface area contributed by atoms with Crippen molar-refractivity contribution in [2.45, 2.75) is 0 Å². The number of nitrogens with zero attached hydrogens (tertiary/aromatic N) is 4. The summed E-state index contributed by atoms with van der Waals surface area (Å²) in [5.74, 6) is 0. The molecule has 0 radical (unpaired) electrons. The first-order valence-electron chi connectivity index (χ1n) is 9.23. The van der Waals surface area contributed by atoms with Gasteiger partial charge in [0, 0.05) is 45.4 Å². The summed E-state index contributed by atoms with van der Waals surface area (Å²) >= 11 is 1.11. The molecule has 0 atom stereocenters. The summed E-state index contributed by atoms with van der Waals surface area (Å²) in [6.45, 7) is 0. The lowest BCUT2D eigenvalue weighted by molar-refractivity contribution is 0.657. The van der Waals surface area contributed by atoms with E-state index in [0.29, 0.717) is 0 Å². The van der Waals surface area contributed by atoms with Gasteiger partial charge in [0.1, 0.15) is 5.69 Å². The third kappa shape index (κ3) is 2.69. The fraction of sp³-hybridized carbons (Fsp3) is 0. The van der Waals surface area contributed by atoms with Crippen LogP contribution in [0, 0.1) is 5.13 Å². The van der Waals surface area contributed by atoms with Crippen molar-refractivity contribution in [1.82, 2.24) is 30.1 Å². The summed E-state index contributed by atoms with van der Waals surface area (Å²) in [5, 5.41) is 9.28. The first kappa shape index (κ1) is 17.0. The van der Waals surface area contributed by atoms with Gasteiger partial charge in [0.25, 0.3) is 0 Å². The van der Waals surface area contributed by atoms with Crippen LogP contribution in [0.2, 0.25) is 0 Å². The van der Waals surface area contributed by atoms with Crippen molar-refractivity contribution in [3.63, 3.8) is 0 Å². The molecule has 0 aliphatic rings. The average Bonchev–Trinajstić information content (AvgIpc) is 3.51. The van der Waals surface area contributed by atoms with E-state index in [0.717, 1.165) is 66.2 Å². The average molecular weight is 412 g/mol. The Hall–Kier alpha value is -3.91. The summed E-state index contributed by atoms with van der Waals surface area (Å²) in [5.41, 5.74) is 6.09. The monoisotopic (exact) mass is 412 g/mol.